The number of hydrogen-bond acceptors (Lipinski definition) is 5. The Kier molecular flexibility index (Phi) is 10.9. The third-order valence-corrected chi connectivity index (χ3v) is 8.05. The molecular formula is C38H39N3O5. The SMILES string of the molecule is CCOC(=O)C(=O)N(Cc1ccccc1)Cc1ccc(-c2cccc3ccccc23)cc1C=CC(=O)NCCCN1CCCC1=O. The highest BCUT2D eigenvalue weighted by Crippen LogP contribution is 2.31. The van der Waals surface area contributed by atoms with Crippen LogP contribution in [0.2, 0.25) is 0 Å². The number of ether oxygens (including phenoxy) is 1. The predicted molar refractivity (Wildman–Crippen MR) is 179 cm³/mol. The van der Waals surface area contributed by atoms with E-state index in [1.165, 1.54) is 11.0 Å². The number of nitrogens with one attached hydrogen (secondary N) is 1. The summed E-state index contributed by atoms with van der Waals surface area (Å²) in [4.78, 5) is 53.8. The Balaban J connectivity index is 1.42. The maximum absolute atomic E-state index is 13.3. The minimum Gasteiger partial charge on any atom is -0.459 e. The van der Waals surface area contributed by atoms with Crippen LogP contribution in [-0.2, 0) is 37.0 Å². The summed E-state index contributed by atoms with van der Waals surface area (Å²) in [6.45, 7) is 3.97. The Hall–Kier alpha value is -5.24. The highest BCUT2D eigenvalue weighted by molar-refractivity contribution is 6.32. The van der Waals surface area contributed by atoms with Crippen molar-refractivity contribution in [1.82, 2.24) is 15.1 Å². The van der Waals surface area contributed by atoms with Gasteiger partial charge in [-0.1, -0.05) is 84.9 Å². The molecular weight excluding hydrogens is 578 g/mol. The summed E-state index contributed by atoms with van der Waals surface area (Å²) in [6.07, 6.45) is 5.41. The van der Waals surface area contributed by atoms with Gasteiger partial charge in [-0.3, -0.25) is 14.4 Å². The van der Waals surface area contributed by atoms with E-state index in [1.54, 1.807) is 13.0 Å². The second-order valence-corrected chi connectivity index (χ2v) is 11.3. The van der Waals surface area contributed by atoms with E-state index in [9.17, 15) is 19.2 Å². The standard InChI is InChI=1S/C38H39N3O5/c1-2-46-38(45)37(44)41(26-28-11-4-3-5-12-28)27-32-19-18-31(34-16-8-14-29-13-6-7-15-33(29)34)25-30(32)20-21-35(42)39-22-10-24-40-23-9-17-36(40)43/h3-8,11-16,18-21,25H,2,9-10,17,22-24,26-27H2,1H3,(H,39,42). The number of hydrogen-bond donors (Lipinski definition) is 1. The molecule has 0 radical (unpaired) electrons. The van der Waals surface area contributed by atoms with E-state index in [2.05, 4.69) is 29.6 Å². The molecule has 1 fully saturated rings. The molecule has 8 heteroatoms. The van der Waals surface area contributed by atoms with Crippen molar-refractivity contribution in [3.63, 3.8) is 0 Å². The first-order valence-electron chi connectivity index (χ1n) is 15.8. The van der Waals surface area contributed by atoms with Crippen molar-refractivity contribution in [3.05, 3.63) is 114 Å². The third-order valence-electron chi connectivity index (χ3n) is 8.05. The first-order chi connectivity index (χ1) is 22.4. The van der Waals surface area contributed by atoms with E-state index in [1.807, 2.05) is 71.6 Å². The van der Waals surface area contributed by atoms with Gasteiger partial charge in [0.05, 0.1) is 6.61 Å². The molecule has 46 heavy (non-hydrogen) atoms. The van der Waals surface area contributed by atoms with Crippen LogP contribution in [0.25, 0.3) is 28.0 Å². The summed E-state index contributed by atoms with van der Waals surface area (Å²) in [5, 5.41) is 5.13. The Bertz CT molecular complexity index is 1730. The zero-order valence-corrected chi connectivity index (χ0v) is 26.1. The van der Waals surface area contributed by atoms with E-state index in [0.717, 1.165) is 51.6 Å². The second-order valence-electron chi connectivity index (χ2n) is 11.3. The van der Waals surface area contributed by atoms with Crippen molar-refractivity contribution in [1.29, 1.82) is 0 Å². The Morgan fingerprint density at radius 3 is 2.50 bits per heavy atom. The number of rotatable bonds is 12. The van der Waals surface area contributed by atoms with Gasteiger partial charge in [-0.25, -0.2) is 4.79 Å². The Morgan fingerprint density at radius 2 is 1.72 bits per heavy atom. The molecule has 236 valence electrons. The van der Waals surface area contributed by atoms with Crippen molar-refractivity contribution in [3.8, 4) is 11.1 Å². The Morgan fingerprint density at radius 1 is 0.935 bits per heavy atom. The van der Waals surface area contributed by atoms with Crippen molar-refractivity contribution in [2.75, 3.05) is 26.2 Å². The summed E-state index contributed by atoms with van der Waals surface area (Å²) >= 11 is 0. The maximum Gasteiger partial charge on any atom is 0.397 e. The molecule has 0 bridgehead atoms. The van der Waals surface area contributed by atoms with Gasteiger partial charge in [0.15, 0.2) is 0 Å². The van der Waals surface area contributed by atoms with Crippen molar-refractivity contribution >= 4 is 40.5 Å². The molecule has 4 aromatic rings. The quantitative estimate of drug-likeness (QED) is 0.0947. The fourth-order valence-corrected chi connectivity index (χ4v) is 5.72. The minimum atomic E-state index is -0.905. The van der Waals surface area contributed by atoms with Crippen LogP contribution in [0.3, 0.4) is 0 Å². The van der Waals surface area contributed by atoms with Crippen LogP contribution < -0.4 is 5.32 Å². The molecule has 1 aliphatic rings. The topological polar surface area (TPSA) is 96.0 Å². The van der Waals surface area contributed by atoms with Crippen molar-refractivity contribution in [2.24, 2.45) is 0 Å². The first-order valence-corrected chi connectivity index (χ1v) is 15.8. The van der Waals surface area contributed by atoms with Crippen LogP contribution >= 0.6 is 0 Å². The van der Waals surface area contributed by atoms with Crippen LogP contribution in [0.15, 0.2) is 97.1 Å². The normalized spacial score (nSPS) is 12.9. The average Bonchev–Trinajstić information content (AvgIpc) is 3.50. The highest BCUT2D eigenvalue weighted by atomic mass is 16.5. The van der Waals surface area contributed by atoms with Crippen LogP contribution in [-0.4, -0.2) is 59.7 Å². The molecule has 3 amide bonds. The molecule has 0 aliphatic carbocycles. The Labute approximate surface area is 269 Å². The molecule has 5 rings (SSSR count). The smallest absolute Gasteiger partial charge is 0.397 e. The van der Waals surface area contributed by atoms with Gasteiger partial charge in [0.1, 0.15) is 0 Å². The van der Waals surface area contributed by atoms with Crippen molar-refractivity contribution in [2.45, 2.75) is 39.3 Å². The van der Waals surface area contributed by atoms with E-state index in [0.29, 0.717) is 25.9 Å². The second kappa shape index (κ2) is 15.7. The fourth-order valence-electron chi connectivity index (χ4n) is 5.72. The van der Waals surface area contributed by atoms with Gasteiger partial charge < -0.3 is 19.9 Å². The van der Waals surface area contributed by atoms with E-state index >= 15 is 0 Å². The number of benzene rings is 4. The zero-order valence-electron chi connectivity index (χ0n) is 26.1. The van der Waals surface area contributed by atoms with Gasteiger partial charge in [0.25, 0.3) is 0 Å². The summed E-state index contributed by atoms with van der Waals surface area (Å²) in [6, 6.07) is 29.7. The molecule has 0 atom stereocenters. The van der Waals surface area contributed by atoms with Crippen LogP contribution in [0, 0.1) is 0 Å². The number of carbonyl (C=O) groups is 4. The monoisotopic (exact) mass is 617 g/mol. The number of fused-ring (bicyclic) bond motifs is 1. The number of amides is 3. The maximum atomic E-state index is 13.3. The molecule has 4 aromatic carbocycles. The lowest BCUT2D eigenvalue weighted by Crippen LogP contribution is -2.37. The number of likely N-dealkylation sites (tertiary alicyclic amines) is 1. The van der Waals surface area contributed by atoms with Crippen LogP contribution in [0.4, 0.5) is 0 Å². The van der Waals surface area contributed by atoms with Gasteiger partial charge in [-0.2, -0.15) is 0 Å². The fraction of sp³-hybridized carbons (Fsp3) is 0.263. The number of esters is 1. The summed E-state index contributed by atoms with van der Waals surface area (Å²) in [5.41, 5.74) is 4.40. The van der Waals surface area contributed by atoms with Crippen molar-refractivity contribution < 1.29 is 23.9 Å². The molecule has 0 saturated carbocycles. The van der Waals surface area contributed by atoms with Crippen LogP contribution in [0.5, 0.6) is 0 Å². The molecule has 0 aromatic heterocycles. The van der Waals surface area contributed by atoms with Crippen LogP contribution in [0.1, 0.15) is 42.9 Å². The molecule has 0 spiro atoms. The summed E-state index contributed by atoms with van der Waals surface area (Å²) < 4.78 is 5.05. The van der Waals surface area contributed by atoms with Gasteiger partial charge >= 0.3 is 11.9 Å². The third kappa shape index (κ3) is 8.27. The highest BCUT2D eigenvalue weighted by Gasteiger charge is 2.24. The minimum absolute atomic E-state index is 0.0981. The molecule has 1 aliphatic heterocycles. The van der Waals surface area contributed by atoms with E-state index in [-0.39, 0.29) is 31.5 Å². The van der Waals surface area contributed by atoms with Gasteiger partial charge in [-0.05, 0) is 70.5 Å². The van der Waals surface area contributed by atoms with E-state index < -0.39 is 11.9 Å². The summed E-state index contributed by atoms with van der Waals surface area (Å²) in [7, 11) is 0. The zero-order chi connectivity index (χ0) is 32.3. The molecule has 8 nitrogen and oxygen atoms in total. The lowest BCUT2D eigenvalue weighted by Gasteiger charge is -2.23. The predicted octanol–water partition coefficient (Wildman–Crippen LogP) is 5.74. The largest absolute Gasteiger partial charge is 0.459 e. The molecule has 1 heterocycles. The summed E-state index contributed by atoms with van der Waals surface area (Å²) in [5.74, 6) is -1.71. The molecule has 1 N–H and O–H groups in total. The number of carbonyl (C=O) groups excluding carboxylic acids is 4. The van der Waals surface area contributed by atoms with E-state index in [4.69, 9.17) is 4.74 Å². The average molecular weight is 618 g/mol. The van der Waals surface area contributed by atoms with Gasteiger partial charge in [0, 0.05) is 45.2 Å². The molecule has 1 saturated heterocycles. The van der Waals surface area contributed by atoms with Gasteiger partial charge in [-0.15, -0.1) is 0 Å². The van der Waals surface area contributed by atoms with Gasteiger partial charge in [0.2, 0.25) is 11.8 Å². The number of nitrogens with zero attached hydrogens (tertiary/aromatic N) is 2. The molecule has 0 unspecified atom stereocenters. The lowest BCUT2D eigenvalue weighted by atomic mass is 9.94. The first kappa shape index (κ1) is 32.2. The lowest BCUT2D eigenvalue weighted by molar-refractivity contribution is -0.160.